The van der Waals surface area contributed by atoms with Crippen LogP contribution in [-0.4, -0.2) is 51.1 Å². The number of H-pyrrole nitrogens is 1. The average Bonchev–Trinajstić information content (AvgIpc) is 2.87. The molecule has 2 unspecified atom stereocenters. The van der Waals surface area contributed by atoms with Crippen molar-refractivity contribution in [3.05, 3.63) is 12.2 Å². The van der Waals surface area contributed by atoms with Gasteiger partial charge < -0.3 is 15.2 Å². The highest BCUT2D eigenvalue weighted by Gasteiger charge is 2.39. The SMILES string of the molecule is CC1OCCC1(O)CNC(=O)c1ncn[nH]1. The Morgan fingerprint density at radius 2 is 2.69 bits per heavy atom. The van der Waals surface area contributed by atoms with Crippen LogP contribution in [0.1, 0.15) is 24.0 Å². The van der Waals surface area contributed by atoms with Crippen LogP contribution in [0.15, 0.2) is 6.33 Å². The van der Waals surface area contributed by atoms with Crippen molar-refractivity contribution in [2.75, 3.05) is 13.2 Å². The van der Waals surface area contributed by atoms with Gasteiger partial charge in [0.25, 0.3) is 5.91 Å². The van der Waals surface area contributed by atoms with E-state index in [1.54, 1.807) is 6.92 Å². The van der Waals surface area contributed by atoms with Crippen LogP contribution in [-0.2, 0) is 4.74 Å². The molecule has 1 aromatic rings. The topological polar surface area (TPSA) is 100 Å². The molecule has 0 saturated carbocycles. The molecule has 1 aromatic heterocycles. The number of rotatable bonds is 3. The van der Waals surface area contributed by atoms with Gasteiger partial charge >= 0.3 is 0 Å². The minimum absolute atomic E-state index is 0.134. The summed E-state index contributed by atoms with van der Waals surface area (Å²) < 4.78 is 5.25. The van der Waals surface area contributed by atoms with Crippen molar-refractivity contribution in [2.45, 2.75) is 25.0 Å². The maximum absolute atomic E-state index is 11.5. The standard InChI is InChI=1S/C9H14N4O3/c1-6-9(15,2-3-16-6)4-10-8(14)7-11-5-12-13-7/h5-6,15H,2-4H2,1H3,(H,10,14)(H,11,12,13). The first-order chi connectivity index (χ1) is 7.62. The van der Waals surface area contributed by atoms with E-state index in [4.69, 9.17) is 4.74 Å². The van der Waals surface area contributed by atoms with Gasteiger partial charge in [0, 0.05) is 19.6 Å². The molecule has 0 radical (unpaired) electrons. The number of aromatic amines is 1. The zero-order valence-corrected chi connectivity index (χ0v) is 8.93. The lowest BCUT2D eigenvalue weighted by molar-refractivity contribution is -0.0252. The van der Waals surface area contributed by atoms with E-state index >= 15 is 0 Å². The molecular weight excluding hydrogens is 212 g/mol. The Labute approximate surface area is 92.2 Å². The molecule has 0 aromatic carbocycles. The second kappa shape index (κ2) is 4.18. The van der Waals surface area contributed by atoms with E-state index in [1.165, 1.54) is 6.33 Å². The first-order valence-corrected chi connectivity index (χ1v) is 5.09. The predicted molar refractivity (Wildman–Crippen MR) is 53.7 cm³/mol. The van der Waals surface area contributed by atoms with Crippen LogP contribution < -0.4 is 5.32 Å². The lowest BCUT2D eigenvalue weighted by Gasteiger charge is -2.25. The van der Waals surface area contributed by atoms with Gasteiger partial charge in [0.05, 0.1) is 6.10 Å². The number of amides is 1. The number of hydrogen-bond donors (Lipinski definition) is 3. The number of ether oxygens (including phenoxy) is 1. The summed E-state index contributed by atoms with van der Waals surface area (Å²) in [6, 6.07) is 0. The highest BCUT2D eigenvalue weighted by atomic mass is 16.5. The Morgan fingerprint density at radius 1 is 1.88 bits per heavy atom. The van der Waals surface area contributed by atoms with Crippen molar-refractivity contribution in [1.29, 1.82) is 0 Å². The molecule has 16 heavy (non-hydrogen) atoms. The number of carbonyl (C=O) groups is 1. The maximum Gasteiger partial charge on any atom is 0.288 e. The Hall–Kier alpha value is -1.47. The first-order valence-electron chi connectivity index (χ1n) is 5.09. The Kier molecular flexibility index (Phi) is 2.88. The molecule has 0 spiro atoms. The van der Waals surface area contributed by atoms with Crippen molar-refractivity contribution in [3.8, 4) is 0 Å². The normalized spacial score (nSPS) is 29.2. The lowest BCUT2D eigenvalue weighted by Crippen LogP contribution is -2.47. The number of nitrogens with zero attached hydrogens (tertiary/aromatic N) is 2. The van der Waals surface area contributed by atoms with Gasteiger partial charge in [0.1, 0.15) is 11.9 Å². The third-order valence-corrected chi connectivity index (χ3v) is 2.84. The lowest BCUT2D eigenvalue weighted by atomic mass is 9.97. The summed E-state index contributed by atoms with van der Waals surface area (Å²) in [6.45, 7) is 2.44. The van der Waals surface area contributed by atoms with Crippen LogP contribution >= 0.6 is 0 Å². The van der Waals surface area contributed by atoms with Gasteiger partial charge in [-0.1, -0.05) is 0 Å². The molecule has 2 rings (SSSR count). The Bertz CT molecular complexity index is 367. The van der Waals surface area contributed by atoms with Crippen LogP contribution in [0.5, 0.6) is 0 Å². The fourth-order valence-electron chi connectivity index (χ4n) is 1.63. The number of carbonyl (C=O) groups excluding carboxylic acids is 1. The van der Waals surface area contributed by atoms with E-state index in [-0.39, 0.29) is 24.4 Å². The van der Waals surface area contributed by atoms with Gasteiger partial charge in [0.2, 0.25) is 5.82 Å². The molecule has 88 valence electrons. The Balaban J connectivity index is 1.90. The Morgan fingerprint density at radius 3 is 3.25 bits per heavy atom. The van der Waals surface area contributed by atoms with Crippen LogP contribution in [0.25, 0.3) is 0 Å². The third kappa shape index (κ3) is 2.05. The summed E-state index contributed by atoms with van der Waals surface area (Å²) in [5.74, 6) is -0.250. The molecule has 3 N–H and O–H groups in total. The molecule has 2 heterocycles. The smallest absolute Gasteiger partial charge is 0.288 e. The molecule has 1 aliphatic heterocycles. The fourth-order valence-corrected chi connectivity index (χ4v) is 1.63. The molecule has 1 amide bonds. The summed E-state index contributed by atoms with van der Waals surface area (Å²) >= 11 is 0. The monoisotopic (exact) mass is 226 g/mol. The van der Waals surface area contributed by atoms with Crippen molar-refractivity contribution in [2.24, 2.45) is 0 Å². The zero-order chi connectivity index (χ0) is 11.6. The summed E-state index contributed by atoms with van der Waals surface area (Å²) in [7, 11) is 0. The van der Waals surface area contributed by atoms with Crippen molar-refractivity contribution in [3.63, 3.8) is 0 Å². The van der Waals surface area contributed by atoms with E-state index in [1.807, 2.05) is 0 Å². The van der Waals surface area contributed by atoms with Crippen molar-refractivity contribution < 1.29 is 14.6 Å². The molecule has 7 nitrogen and oxygen atoms in total. The summed E-state index contributed by atoms with van der Waals surface area (Å²) in [4.78, 5) is 15.2. The average molecular weight is 226 g/mol. The first kappa shape index (κ1) is 11.0. The van der Waals surface area contributed by atoms with E-state index in [0.717, 1.165) is 0 Å². The molecule has 1 aliphatic rings. The molecule has 0 bridgehead atoms. The van der Waals surface area contributed by atoms with Crippen LogP contribution in [0.2, 0.25) is 0 Å². The minimum Gasteiger partial charge on any atom is -0.385 e. The molecule has 1 fully saturated rings. The second-order valence-electron chi connectivity index (χ2n) is 3.88. The van der Waals surface area contributed by atoms with Gasteiger partial charge in [-0.15, -0.1) is 0 Å². The van der Waals surface area contributed by atoms with Gasteiger partial charge in [-0.05, 0) is 6.92 Å². The van der Waals surface area contributed by atoms with Gasteiger partial charge in [0.15, 0.2) is 0 Å². The van der Waals surface area contributed by atoms with Gasteiger partial charge in [-0.25, -0.2) is 4.98 Å². The third-order valence-electron chi connectivity index (χ3n) is 2.84. The number of aromatic nitrogens is 3. The van der Waals surface area contributed by atoms with E-state index in [2.05, 4.69) is 20.5 Å². The van der Waals surface area contributed by atoms with Gasteiger partial charge in [-0.2, -0.15) is 5.10 Å². The minimum atomic E-state index is -0.990. The van der Waals surface area contributed by atoms with E-state index in [9.17, 15) is 9.90 Å². The largest absolute Gasteiger partial charge is 0.385 e. The second-order valence-corrected chi connectivity index (χ2v) is 3.88. The van der Waals surface area contributed by atoms with Gasteiger partial charge in [-0.3, -0.25) is 9.89 Å². The predicted octanol–water partition coefficient (Wildman–Crippen LogP) is -0.926. The van der Waals surface area contributed by atoms with Crippen molar-refractivity contribution in [1.82, 2.24) is 20.5 Å². The van der Waals surface area contributed by atoms with Crippen LogP contribution in [0.3, 0.4) is 0 Å². The molecule has 2 atom stereocenters. The van der Waals surface area contributed by atoms with Crippen molar-refractivity contribution >= 4 is 5.91 Å². The molecule has 7 heteroatoms. The number of nitrogens with one attached hydrogen (secondary N) is 2. The zero-order valence-electron chi connectivity index (χ0n) is 8.93. The van der Waals surface area contributed by atoms with E-state index < -0.39 is 5.60 Å². The van der Waals surface area contributed by atoms with Crippen LogP contribution in [0.4, 0.5) is 0 Å². The molecule has 1 saturated heterocycles. The summed E-state index contributed by atoms with van der Waals surface area (Å²) in [5.41, 5.74) is -0.990. The number of aliphatic hydroxyl groups is 1. The highest BCUT2D eigenvalue weighted by Crippen LogP contribution is 2.24. The number of hydrogen-bond acceptors (Lipinski definition) is 5. The summed E-state index contributed by atoms with van der Waals surface area (Å²) in [5, 5.41) is 18.7. The quantitative estimate of drug-likeness (QED) is 0.618. The fraction of sp³-hybridized carbons (Fsp3) is 0.667. The molecular formula is C9H14N4O3. The maximum atomic E-state index is 11.5. The molecule has 0 aliphatic carbocycles. The van der Waals surface area contributed by atoms with Crippen LogP contribution in [0, 0.1) is 0 Å². The highest BCUT2D eigenvalue weighted by molar-refractivity contribution is 5.90. The summed E-state index contributed by atoms with van der Waals surface area (Å²) in [6.07, 6.45) is 1.50. The van der Waals surface area contributed by atoms with E-state index in [0.29, 0.717) is 13.0 Å².